The predicted molar refractivity (Wildman–Crippen MR) is 89.5 cm³/mol. The largest absolute Gasteiger partial charge is 0.493 e. The SMILES string of the molecule is CCCCOc1ccc(C(C(=O)OCC)C(=O)OCC)c([N+](=O)[O-])c1. The maximum absolute atomic E-state index is 12.2. The Labute approximate surface area is 146 Å². The van der Waals surface area contributed by atoms with Crippen molar-refractivity contribution in [1.82, 2.24) is 0 Å². The van der Waals surface area contributed by atoms with Crippen molar-refractivity contribution in [3.05, 3.63) is 33.9 Å². The van der Waals surface area contributed by atoms with Crippen LogP contribution in [0.15, 0.2) is 18.2 Å². The first-order valence-electron chi connectivity index (χ1n) is 8.20. The maximum Gasteiger partial charge on any atom is 0.325 e. The second-order valence-electron chi connectivity index (χ2n) is 5.12. The van der Waals surface area contributed by atoms with E-state index >= 15 is 0 Å². The van der Waals surface area contributed by atoms with Gasteiger partial charge in [0.05, 0.1) is 36.4 Å². The van der Waals surface area contributed by atoms with Crippen molar-refractivity contribution in [3.63, 3.8) is 0 Å². The summed E-state index contributed by atoms with van der Waals surface area (Å²) >= 11 is 0. The molecule has 0 fully saturated rings. The van der Waals surface area contributed by atoms with Crippen LogP contribution in [0, 0.1) is 10.1 Å². The molecule has 0 N–H and O–H groups in total. The van der Waals surface area contributed by atoms with Gasteiger partial charge in [-0.25, -0.2) is 0 Å². The van der Waals surface area contributed by atoms with Gasteiger partial charge in [-0.05, 0) is 32.4 Å². The minimum atomic E-state index is -1.51. The van der Waals surface area contributed by atoms with Crippen molar-refractivity contribution in [2.24, 2.45) is 0 Å². The van der Waals surface area contributed by atoms with Crippen molar-refractivity contribution >= 4 is 17.6 Å². The Hall–Kier alpha value is -2.64. The van der Waals surface area contributed by atoms with Crippen molar-refractivity contribution < 1.29 is 28.7 Å². The van der Waals surface area contributed by atoms with E-state index in [1.165, 1.54) is 18.2 Å². The van der Waals surface area contributed by atoms with Crippen LogP contribution in [0.5, 0.6) is 5.75 Å². The first-order chi connectivity index (χ1) is 12.0. The van der Waals surface area contributed by atoms with E-state index in [2.05, 4.69) is 0 Å². The van der Waals surface area contributed by atoms with Crippen LogP contribution < -0.4 is 4.74 Å². The lowest BCUT2D eigenvalue weighted by molar-refractivity contribution is -0.385. The fraction of sp³-hybridized carbons (Fsp3) is 0.529. The molecule has 0 atom stereocenters. The average Bonchev–Trinajstić information content (AvgIpc) is 2.56. The molecule has 0 aliphatic carbocycles. The Morgan fingerprint density at radius 1 is 1.12 bits per heavy atom. The number of nitrogens with zero attached hydrogens (tertiary/aromatic N) is 1. The molecule has 0 aliphatic rings. The fourth-order valence-corrected chi connectivity index (χ4v) is 2.15. The van der Waals surface area contributed by atoms with Crippen LogP contribution in [0.2, 0.25) is 0 Å². The van der Waals surface area contributed by atoms with E-state index in [-0.39, 0.29) is 24.5 Å². The number of nitro groups is 1. The van der Waals surface area contributed by atoms with Gasteiger partial charge < -0.3 is 14.2 Å². The molecule has 138 valence electrons. The Morgan fingerprint density at radius 3 is 2.20 bits per heavy atom. The van der Waals surface area contributed by atoms with Crippen LogP contribution in [0.25, 0.3) is 0 Å². The molecule has 0 saturated heterocycles. The molecule has 25 heavy (non-hydrogen) atoms. The highest BCUT2D eigenvalue weighted by molar-refractivity contribution is 6.01. The Balaban J connectivity index is 3.25. The maximum atomic E-state index is 12.2. The number of ether oxygens (including phenoxy) is 3. The van der Waals surface area contributed by atoms with Gasteiger partial charge in [0.1, 0.15) is 5.75 Å². The summed E-state index contributed by atoms with van der Waals surface area (Å²) in [6.07, 6.45) is 1.73. The zero-order valence-corrected chi connectivity index (χ0v) is 14.6. The summed E-state index contributed by atoms with van der Waals surface area (Å²) < 4.78 is 15.2. The molecule has 8 nitrogen and oxygen atoms in total. The lowest BCUT2D eigenvalue weighted by atomic mass is 9.97. The summed E-state index contributed by atoms with van der Waals surface area (Å²) in [7, 11) is 0. The monoisotopic (exact) mass is 353 g/mol. The highest BCUT2D eigenvalue weighted by atomic mass is 16.6. The number of carbonyl (C=O) groups is 2. The summed E-state index contributed by atoms with van der Waals surface area (Å²) in [6.45, 7) is 5.67. The van der Waals surface area contributed by atoms with E-state index in [0.717, 1.165) is 12.8 Å². The number of hydrogen-bond donors (Lipinski definition) is 0. The molecule has 8 heteroatoms. The number of unbranched alkanes of at least 4 members (excludes halogenated alkanes) is 1. The number of benzene rings is 1. The first kappa shape index (κ1) is 20.4. The number of hydrogen-bond acceptors (Lipinski definition) is 7. The Bertz CT molecular complexity index is 597. The van der Waals surface area contributed by atoms with Gasteiger partial charge in [-0.1, -0.05) is 13.3 Å². The molecular formula is C17H23NO7. The minimum Gasteiger partial charge on any atom is -0.493 e. The third kappa shape index (κ3) is 5.74. The van der Waals surface area contributed by atoms with Gasteiger partial charge in [-0.2, -0.15) is 0 Å². The smallest absolute Gasteiger partial charge is 0.325 e. The van der Waals surface area contributed by atoms with Crippen LogP contribution in [-0.4, -0.2) is 36.7 Å². The number of esters is 2. The van der Waals surface area contributed by atoms with Gasteiger partial charge >= 0.3 is 11.9 Å². The second-order valence-corrected chi connectivity index (χ2v) is 5.12. The molecule has 0 aromatic heterocycles. The molecule has 0 bridgehead atoms. The van der Waals surface area contributed by atoms with Crippen LogP contribution in [-0.2, 0) is 19.1 Å². The minimum absolute atomic E-state index is 0.0424. The normalized spacial score (nSPS) is 10.4. The first-order valence-corrected chi connectivity index (χ1v) is 8.20. The van der Waals surface area contributed by atoms with E-state index in [1.807, 2.05) is 6.92 Å². The van der Waals surface area contributed by atoms with Crippen molar-refractivity contribution in [3.8, 4) is 5.75 Å². The number of nitro benzene ring substituents is 1. The fourth-order valence-electron chi connectivity index (χ4n) is 2.15. The molecular weight excluding hydrogens is 330 g/mol. The molecule has 0 unspecified atom stereocenters. The molecule has 0 amide bonds. The zero-order chi connectivity index (χ0) is 18.8. The molecule has 0 spiro atoms. The van der Waals surface area contributed by atoms with Crippen molar-refractivity contribution in [1.29, 1.82) is 0 Å². The summed E-state index contributed by atoms with van der Waals surface area (Å²) in [5.74, 6) is -2.98. The van der Waals surface area contributed by atoms with Crippen LogP contribution in [0.3, 0.4) is 0 Å². The standard InChI is InChI=1S/C17H23NO7/c1-4-7-10-25-12-8-9-13(14(11-12)18(21)22)15(16(19)23-5-2)17(20)24-6-3/h8-9,11,15H,4-7,10H2,1-3H3. The van der Waals surface area contributed by atoms with E-state index in [1.54, 1.807) is 13.8 Å². The van der Waals surface area contributed by atoms with E-state index in [4.69, 9.17) is 14.2 Å². The zero-order valence-electron chi connectivity index (χ0n) is 14.6. The van der Waals surface area contributed by atoms with Crippen LogP contribution in [0.1, 0.15) is 45.1 Å². The molecule has 0 heterocycles. The van der Waals surface area contributed by atoms with Crippen molar-refractivity contribution in [2.75, 3.05) is 19.8 Å². The summed E-state index contributed by atoms with van der Waals surface area (Å²) in [5, 5.41) is 11.4. The highest BCUT2D eigenvalue weighted by Gasteiger charge is 2.37. The van der Waals surface area contributed by atoms with E-state index < -0.39 is 22.8 Å². The predicted octanol–water partition coefficient (Wildman–Crippen LogP) is 2.98. The summed E-state index contributed by atoms with van der Waals surface area (Å²) in [5.41, 5.74) is -0.468. The lowest BCUT2D eigenvalue weighted by Gasteiger charge is -2.15. The lowest BCUT2D eigenvalue weighted by Crippen LogP contribution is -2.27. The van der Waals surface area contributed by atoms with Crippen molar-refractivity contribution in [2.45, 2.75) is 39.5 Å². The Kier molecular flexibility index (Phi) is 8.38. The third-order valence-electron chi connectivity index (χ3n) is 3.32. The average molecular weight is 353 g/mol. The van der Waals surface area contributed by atoms with Gasteiger partial charge in [-0.3, -0.25) is 19.7 Å². The molecule has 0 radical (unpaired) electrons. The number of rotatable bonds is 10. The quantitative estimate of drug-likeness (QED) is 0.209. The van der Waals surface area contributed by atoms with E-state index in [9.17, 15) is 19.7 Å². The van der Waals surface area contributed by atoms with Gasteiger partial charge in [0.25, 0.3) is 5.69 Å². The molecule has 0 saturated carbocycles. The van der Waals surface area contributed by atoms with Crippen LogP contribution in [0.4, 0.5) is 5.69 Å². The van der Waals surface area contributed by atoms with Gasteiger partial charge in [0.2, 0.25) is 0 Å². The molecule has 1 aromatic rings. The highest BCUT2D eigenvalue weighted by Crippen LogP contribution is 2.32. The summed E-state index contributed by atoms with van der Waals surface area (Å²) in [6, 6.07) is 4.03. The number of carbonyl (C=O) groups excluding carboxylic acids is 2. The topological polar surface area (TPSA) is 105 Å². The van der Waals surface area contributed by atoms with Crippen LogP contribution >= 0.6 is 0 Å². The summed E-state index contributed by atoms with van der Waals surface area (Å²) in [4.78, 5) is 35.1. The van der Waals surface area contributed by atoms with Gasteiger partial charge in [0, 0.05) is 0 Å². The third-order valence-corrected chi connectivity index (χ3v) is 3.32. The van der Waals surface area contributed by atoms with E-state index in [0.29, 0.717) is 12.4 Å². The van der Waals surface area contributed by atoms with Gasteiger partial charge in [-0.15, -0.1) is 0 Å². The van der Waals surface area contributed by atoms with Gasteiger partial charge in [0.15, 0.2) is 5.92 Å². The molecule has 1 aromatic carbocycles. The Morgan fingerprint density at radius 2 is 1.72 bits per heavy atom. The second kappa shape index (κ2) is 10.3. The molecule has 1 rings (SSSR count). The molecule has 0 aliphatic heterocycles.